The fourth-order valence-electron chi connectivity index (χ4n) is 2.22. The Morgan fingerprint density at radius 1 is 1.00 bits per heavy atom. The van der Waals surface area contributed by atoms with Crippen LogP contribution in [-0.2, 0) is 0 Å². The lowest BCUT2D eigenvalue weighted by atomic mass is 10.0. The van der Waals surface area contributed by atoms with Crippen molar-refractivity contribution in [3.63, 3.8) is 0 Å². The normalized spacial score (nSPS) is 12.8. The first-order valence-electron chi connectivity index (χ1n) is 6.09. The van der Waals surface area contributed by atoms with Crippen LogP contribution in [0, 0.1) is 11.6 Å². The van der Waals surface area contributed by atoms with Crippen molar-refractivity contribution in [3.05, 3.63) is 71.5 Å². The van der Waals surface area contributed by atoms with Gasteiger partial charge in [-0.3, -0.25) is 5.84 Å². The molecule has 102 valence electrons. The van der Waals surface area contributed by atoms with Gasteiger partial charge in [0.15, 0.2) is 11.4 Å². The summed E-state index contributed by atoms with van der Waals surface area (Å²) >= 11 is 0. The topological polar surface area (TPSA) is 51.2 Å². The number of rotatable bonds is 3. The third-order valence-corrected chi connectivity index (χ3v) is 3.18. The average molecular weight is 274 g/mol. The van der Waals surface area contributed by atoms with Crippen LogP contribution in [0.25, 0.3) is 11.0 Å². The highest BCUT2D eigenvalue weighted by Crippen LogP contribution is 2.30. The summed E-state index contributed by atoms with van der Waals surface area (Å²) in [4.78, 5) is 0. The van der Waals surface area contributed by atoms with E-state index in [1.807, 2.05) is 0 Å². The second-order valence-electron chi connectivity index (χ2n) is 4.43. The first kappa shape index (κ1) is 12.8. The van der Waals surface area contributed by atoms with Gasteiger partial charge in [0.05, 0.1) is 0 Å². The molecule has 3 N–H and O–H groups in total. The standard InChI is InChI=1S/C15H12F2N2O/c16-11-6-2-1-5-10(11)14(19-18)13-8-9-4-3-7-12(17)15(9)20-13/h1-8,14,19H,18H2. The van der Waals surface area contributed by atoms with Crippen LogP contribution >= 0.6 is 0 Å². The van der Waals surface area contributed by atoms with E-state index in [9.17, 15) is 8.78 Å². The molecular weight excluding hydrogens is 262 g/mol. The van der Waals surface area contributed by atoms with Gasteiger partial charge in [0, 0.05) is 10.9 Å². The maximum atomic E-state index is 13.8. The molecule has 0 aliphatic carbocycles. The van der Waals surface area contributed by atoms with Crippen LogP contribution in [0.3, 0.4) is 0 Å². The molecule has 0 aliphatic heterocycles. The van der Waals surface area contributed by atoms with Crippen molar-refractivity contribution in [1.82, 2.24) is 5.43 Å². The van der Waals surface area contributed by atoms with E-state index in [1.54, 1.807) is 36.4 Å². The molecule has 5 heteroatoms. The average Bonchev–Trinajstić information content (AvgIpc) is 2.87. The molecule has 0 aliphatic rings. The van der Waals surface area contributed by atoms with E-state index in [1.165, 1.54) is 12.1 Å². The number of hydrogen-bond donors (Lipinski definition) is 2. The number of furan rings is 1. The molecule has 1 aromatic heterocycles. The summed E-state index contributed by atoms with van der Waals surface area (Å²) in [6, 6.07) is 11.8. The van der Waals surface area contributed by atoms with E-state index >= 15 is 0 Å². The van der Waals surface area contributed by atoms with Gasteiger partial charge in [-0.15, -0.1) is 0 Å². The van der Waals surface area contributed by atoms with Crippen LogP contribution in [-0.4, -0.2) is 0 Å². The van der Waals surface area contributed by atoms with Gasteiger partial charge in [0.25, 0.3) is 0 Å². The van der Waals surface area contributed by atoms with Gasteiger partial charge < -0.3 is 4.42 Å². The van der Waals surface area contributed by atoms with Gasteiger partial charge in [-0.05, 0) is 18.2 Å². The number of fused-ring (bicyclic) bond motifs is 1. The summed E-state index contributed by atoms with van der Waals surface area (Å²) in [5, 5.41) is 0.608. The number of para-hydroxylation sites is 1. The monoisotopic (exact) mass is 274 g/mol. The number of hydrazine groups is 1. The molecule has 1 atom stereocenters. The minimum absolute atomic E-state index is 0.138. The van der Waals surface area contributed by atoms with E-state index in [4.69, 9.17) is 10.3 Å². The fraction of sp³-hybridized carbons (Fsp3) is 0.0667. The predicted octanol–water partition coefficient (Wildman–Crippen LogP) is 3.26. The van der Waals surface area contributed by atoms with Crippen LogP contribution in [0.2, 0.25) is 0 Å². The van der Waals surface area contributed by atoms with Crippen LogP contribution < -0.4 is 11.3 Å². The third-order valence-electron chi connectivity index (χ3n) is 3.18. The lowest BCUT2D eigenvalue weighted by Crippen LogP contribution is -2.29. The molecule has 0 spiro atoms. The van der Waals surface area contributed by atoms with E-state index < -0.39 is 17.7 Å². The molecule has 0 fully saturated rings. The minimum atomic E-state index is -0.678. The van der Waals surface area contributed by atoms with Crippen LogP contribution in [0.4, 0.5) is 8.78 Å². The largest absolute Gasteiger partial charge is 0.456 e. The first-order chi connectivity index (χ1) is 9.70. The Bertz CT molecular complexity index is 754. The van der Waals surface area contributed by atoms with Crippen LogP contribution in [0.5, 0.6) is 0 Å². The lowest BCUT2D eigenvalue weighted by Gasteiger charge is -2.14. The number of halogens is 2. The minimum Gasteiger partial charge on any atom is -0.456 e. The van der Waals surface area contributed by atoms with Crippen LogP contribution in [0.1, 0.15) is 17.4 Å². The van der Waals surface area contributed by atoms with Crippen molar-refractivity contribution in [2.45, 2.75) is 6.04 Å². The van der Waals surface area contributed by atoms with Crippen molar-refractivity contribution in [1.29, 1.82) is 0 Å². The molecular formula is C15H12F2N2O. The lowest BCUT2D eigenvalue weighted by molar-refractivity contribution is 0.453. The Kier molecular flexibility index (Phi) is 3.22. The zero-order valence-electron chi connectivity index (χ0n) is 10.4. The Morgan fingerprint density at radius 3 is 2.45 bits per heavy atom. The smallest absolute Gasteiger partial charge is 0.169 e. The molecule has 2 aromatic carbocycles. The Hall–Kier alpha value is -2.24. The quantitative estimate of drug-likeness (QED) is 0.569. The highest BCUT2D eigenvalue weighted by atomic mass is 19.1. The summed E-state index contributed by atoms with van der Waals surface area (Å²) in [5.74, 6) is 4.99. The summed E-state index contributed by atoms with van der Waals surface area (Å²) in [6.07, 6.45) is 0. The molecule has 0 saturated heterocycles. The van der Waals surface area contributed by atoms with E-state index in [0.717, 1.165) is 0 Å². The molecule has 3 nitrogen and oxygen atoms in total. The van der Waals surface area contributed by atoms with Gasteiger partial charge >= 0.3 is 0 Å². The first-order valence-corrected chi connectivity index (χ1v) is 6.09. The van der Waals surface area contributed by atoms with Gasteiger partial charge in [-0.25, -0.2) is 14.2 Å². The summed E-state index contributed by atoms with van der Waals surface area (Å²) in [6.45, 7) is 0. The molecule has 0 amide bonds. The Balaban J connectivity index is 2.12. The van der Waals surface area contributed by atoms with Crippen molar-refractivity contribution >= 4 is 11.0 Å². The van der Waals surface area contributed by atoms with Gasteiger partial charge in [-0.2, -0.15) is 0 Å². The Labute approximate surface area is 114 Å². The van der Waals surface area contributed by atoms with Crippen molar-refractivity contribution in [2.75, 3.05) is 0 Å². The SMILES string of the molecule is NNC(c1cc2cccc(F)c2o1)c1ccccc1F. The molecule has 3 rings (SSSR count). The predicted molar refractivity (Wildman–Crippen MR) is 71.7 cm³/mol. The van der Waals surface area contributed by atoms with E-state index in [-0.39, 0.29) is 5.58 Å². The summed E-state index contributed by atoms with van der Waals surface area (Å²) < 4.78 is 32.9. The summed E-state index contributed by atoms with van der Waals surface area (Å²) in [5.41, 5.74) is 2.98. The third kappa shape index (κ3) is 2.07. The van der Waals surface area contributed by atoms with Gasteiger partial charge in [0.2, 0.25) is 0 Å². The molecule has 1 unspecified atom stereocenters. The number of benzene rings is 2. The molecule has 3 aromatic rings. The van der Waals surface area contributed by atoms with E-state index in [0.29, 0.717) is 16.7 Å². The van der Waals surface area contributed by atoms with E-state index in [2.05, 4.69) is 5.43 Å². The summed E-state index contributed by atoms with van der Waals surface area (Å²) in [7, 11) is 0. The zero-order chi connectivity index (χ0) is 14.1. The van der Waals surface area contributed by atoms with Crippen molar-refractivity contribution in [3.8, 4) is 0 Å². The second-order valence-corrected chi connectivity index (χ2v) is 4.43. The number of hydrogen-bond acceptors (Lipinski definition) is 3. The van der Waals surface area contributed by atoms with Crippen LogP contribution in [0.15, 0.2) is 52.9 Å². The molecule has 1 heterocycles. The number of nitrogens with two attached hydrogens (primary N) is 1. The van der Waals surface area contributed by atoms with Gasteiger partial charge in [-0.1, -0.05) is 30.3 Å². The van der Waals surface area contributed by atoms with Crippen molar-refractivity contribution < 1.29 is 13.2 Å². The highest BCUT2D eigenvalue weighted by Gasteiger charge is 2.21. The second kappa shape index (κ2) is 5.03. The Morgan fingerprint density at radius 2 is 1.75 bits per heavy atom. The number of nitrogens with one attached hydrogen (secondary N) is 1. The van der Waals surface area contributed by atoms with Gasteiger partial charge in [0.1, 0.15) is 17.6 Å². The maximum absolute atomic E-state index is 13.8. The fourth-order valence-corrected chi connectivity index (χ4v) is 2.22. The zero-order valence-corrected chi connectivity index (χ0v) is 10.4. The molecule has 0 bridgehead atoms. The maximum Gasteiger partial charge on any atom is 0.169 e. The molecule has 0 saturated carbocycles. The molecule has 20 heavy (non-hydrogen) atoms. The highest BCUT2D eigenvalue weighted by molar-refractivity contribution is 5.78. The van der Waals surface area contributed by atoms with Crippen molar-refractivity contribution in [2.24, 2.45) is 5.84 Å². The molecule has 0 radical (unpaired) electrons.